The van der Waals surface area contributed by atoms with E-state index < -0.39 is 16.4 Å². The van der Waals surface area contributed by atoms with Crippen LogP contribution in [0.1, 0.15) is 77.6 Å². The van der Waals surface area contributed by atoms with E-state index in [1.807, 2.05) is 0 Å². The van der Waals surface area contributed by atoms with Crippen LogP contribution in [0, 0.1) is 0 Å². The van der Waals surface area contributed by atoms with E-state index in [1.165, 1.54) is 44.9 Å². The van der Waals surface area contributed by atoms with Crippen molar-refractivity contribution in [3.8, 4) is 0 Å². The molecule has 0 bridgehead atoms. The van der Waals surface area contributed by atoms with Gasteiger partial charge in [-0.1, -0.05) is 64.7 Å². The molecule has 0 heterocycles. The molecule has 0 aromatic carbocycles. The molecule has 132 valence electrons. The van der Waals surface area contributed by atoms with Crippen molar-refractivity contribution in [2.45, 2.75) is 83.8 Å². The molecule has 0 aromatic heterocycles. The van der Waals surface area contributed by atoms with Gasteiger partial charge in [-0.25, -0.2) is 0 Å². The van der Waals surface area contributed by atoms with Crippen LogP contribution in [0.3, 0.4) is 0 Å². The second-order valence-electron chi connectivity index (χ2n) is 5.54. The predicted octanol–water partition coefficient (Wildman–Crippen LogP) is 1.66. The summed E-state index contributed by atoms with van der Waals surface area (Å²) in [4.78, 5) is 0. The molecule has 0 amide bonds. The topological polar surface area (TPSA) is 83.8 Å². The van der Waals surface area contributed by atoms with Gasteiger partial charge in [0.05, 0.1) is 12.4 Å². The first-order chi connectivity index (χ1) is 9.98. The van der Waals surface area contributed by atoms with E-state index in [2.05, 4.69) is 6.92 Å². The first-order valence-corrected chi connectivity index (χ1v) is 9.79. The van der Waals surface area contributed by atoms with Gasteiger partial charge >= 0.3 is 59.1 Å². The van der Waals surface area contributed by atoms with Crippen molar-refractivity contribution in [2.75, 3.05) is 12.4 Å². The third kappa shape index (κ3) is 23.8. The van der Waals surface area contributed by atoms with E-state index in [1.54, 1.807) is 0 Å². The number of rotatable bonds is 15. The molecule has 2 N–H and O–H groups in total. The van der Waals surface area contributed by atoms with Gasteiger partial charge in [0.1, 0.15) is 0 Å². The molecule has 8 heteroatoms. The van der Waals surface area contributed by atoms with Gasteiger partial charge < -0.3 is 10.2 Å². The van der Waals surface area contributed by atoms with E-state index in [-0.39, 0.29) is 77.9 Å². The van der Waals surface area contributed by atoms with Gasteiger partial charge in [0.25, 0.3) is 10.1 Å². The number of aliphatic hydroxyl groups is 2. The molecule has 0 radical (unpaired) electrons. The van der Waals surface area contributed by atoms with Crippen molar-refractivity contribution in [2.24, 2.45) is 0 Å². The third-order valence-electron chi connectivity index (χ3n) is 3.39. The summed E-state index contributed by atoms with van der Waals surface area (Å²) >= 11 is 0. The Morgan fingerprint density at radius 2 is 1.26 bits per heavy atom. The summed E-state index contributed by atoms with van der Waals surface area (Å²) in [5, 5.41) is 17.2. The van der Waals surface area contributed by atoms with Crippen LogP contribution in [0.5, 0.6) is 0 Å². The molecule has 5 nitrogen and oxygen atoms in total. The summed E-state index contributed by atoms with van der Waals surface area (Å²) in [5.74, 6) is -0.345. The molecule has 0 fully saturated rings. The van der Waals surface area contributed by atoms with E-state index in [9.17, 15) is 8.42 Å². The van der Waals surface area contributed by atoms with E-state index in [4.69, 9.17) is 14.4 Å². The second kappa shape index (κ2) is 20.1. The molecule has 0 aromatic rings. The summed E-state index contributed by atoms with van der Waals surface area (Å²) in [6.07, 6.45) is 10.1. The molecule has 0 aliphatic rings. The second-order valence-corrected chi connectivity index (χ2v) is 7.29. The Morgan fingerprint density at radius 1 is 0.826 bits per heavy atom. The molecule has 23 heavy (non-hydrogen) atoms. The molecule has 0 spiro atoms. The quantitative estimate of drug-likeness (QED) is 0.198. The zero-order chi connectivity index (χ0) is 16.0. The van der Waals surface area contributed by atoms with Crippen LogP contribution in [0.2, 0.25) is 0 Å². The van der Waals surface area contributed by atoms with Crippen LogP contribution in [0.15, 0.2) is 0 Å². The zero-order valence-electron chi connectivity index (χ0n) is 13.3. The monoisotopic (exact) mass is 372 g/mol. The number of hydrogen-bond donors (Lipinski definition) is 2. The summed E-state index contributed by atoms with van der Waals surface area (Å²) in [5.41, 5.74) is 0. The normalized spacial score (nSPS) is 11.1. The molecule has 0 saturated heterocycles. The van der Waals surface area contributed by atoms with Gasteiger partial charge in [-0.3, -0.25) is 4.18 Å². The van der Waals surface area contributed by atoms with Gasteiger partial charge in [-0.2, -0.15) is 8.42 Å². The Kier molecular flexibility index (Phi) is 25.9. The number of unbranched alkanes of at least 4 members (excludes halogenated alkanes) is 9. The van der Waals surface area contributed by atoms with Crippen molar-refractivity contribution in [1.29, 1.82) is 0 Å². The maximum atomic E-state index is 11.4. The molecule has 0 aliphatic carbocycles. The Labute approximate surface area is 186 Å². The van der Waals surface area contributed by atoms with E-state index >= 15 is 0 Å². The van der Waals surface area contributed by atoms with E-state index in [0.29, 0.717) is 0 Å². The minimum absolute atomic E-state index is 0. The minimum atomic E-state index is -3.61. The van der Waals surface area contributed by atoms with Gasteiger partial charge in [0.2, 0.25) is 0 Å². The Morgan fingerprint density at radius 3 is 1.70 bits per heavy atom. The van der Waals surface area contributed by atoms with Crippen LogP contribution in [0.4, 0.5) is 0 Å². The van der Waals surface area contributed by atoms with Crippen molar-refractivity contribution >= 4 is 69.2 Å². The molecule has 0 rings (SSSR count). The SMILES string of the molecule is CCCCCCCCCCCCOS(=O)(=O)CCC(O)O.[NaH].[NaH]. The van der Waals surface area contributed by atoms with Crippen LogP contribution < -0.4 is 0 Å². The van der Waals surface area contributed by atoms with Crippen molar-refractivity contribution in [1.82, 2.24) is 0 Å². The van der Waals surface area contributed by atoms with Crippen LogP contribution in [-0.2, 0) is 14.3 Å². The average molecular weight is 372 g/mol. The molecule has 0 atom stereocenters. The van der Waals surface area contributed by atoms with Gasteiger partial charge in [-0.15, -0.1) is 0 Å². The van der Waals surface area contributed by atoms with Gasteiger partial charge in [0.15, 0.2) is 6.29 Å². The predicted molar refractivity (Wildman–Crippen MR) is 98.7 cm³/mol. The molecular formula is C15H34Na2O5S. The first kappa shape index (κ1) is 29.6. The zero-order valence-corrected chi connectivity index (χ0v) is 14.1. The Hall–Kier alpha value is 1.83. The maximum absolute atomic E-state index is 11.4. The molecular weight excluding hydrogens is 338 g/mol. The average Bonchev–Trinajstić information content (AvgIpc) is 2.43. The fourth-order valence-corrected chi connectivity index (χ4v) is 3.07. The van der Waals surface area contributed by atoms with Gasteiger partial charge in [0, 0.05) is 6.42 Å². The molecule has 0 unspecified atom stereocenters. The van der Waals surface area contributed by atoms with Crippen LogP contribution in [0.25, 0.3) is 0 Å². The molecule has 0 saturated carbocycles. The summed E-state index contributed by atoms with van der Waals surface area (Å²) in [6.45, 7) is 2.41. The van der Waals surface area contributed by atoms with Gasteiger partial charge in [-0.05, 0) is 6.42 Å². The first-order valence-electron chi connectivity index (χ1n) is 8.21. The molecule has 0 aliphatic heterocycles. The fraction of sp³-hybridized carbons (Fsp3) is 1.00. The standard InChI is InChI=1S/C15H32O5S.2Na.2H/c1-2-3-4-5-6-7-8-9-10-11-13-20-21(18,19)14-12-15(16)17;;;;/h15-17H,2-14H2,1H3;;;;. The van der Waals surface area contributed by atoms with Crippen LogP contribution >= 0.6 is 0 Å². The van der Waals surface area contributed by atoms with Crippen molar-refractivity contribution < 1.29 is 22.8 Å². The summed E-state index contributed by atoms with van der Waals surface area (Å²) < 4.78 is 27.5. The number of hydrogen-bond acceptors (Lipinski definition) is 5. The Bertz CT molecular complexity index is 324. The summed E-state index contributed by atoms with van der Waals surface area (Å²) in [7, 11) is -3.61. The Balaban J connectivity index is -0.00000200. The van der Waals surface area contributed by atoms with Crippen molar-refractivity contribution in [3.05, 3.63) is 0 Å². The fourth-order valence-electron chi connectivity index (χ4n) is 2.08. The number of aliphatic hydroxyl groups excluding tert-OH is 1. The van der Waals surface area contributed by atoms with Crippen molar-refractivity contribution in [3.63, 3.8) is 0 Å². The van der Waals surface area contributed by atoms with Crippen LogP contribution in [-0.4, -0.2) is 96.4 Å². The van der Waals surface area contributed by atoms with E-state index in [0.717, 1.165) is 19.3 Å². The third-order valence-corrected chi connectivity index (χ3v) is 4.65. The summed E-state index contributed by atoms with van der Waals surface area (Å²) in [6, 6.07) is 0.